The van der Waals surface area contributed by atoms with E-state index in [0.29, 0.717) is 5.75 Å². The van der Waals surface area contributed by atoms with Gasteiger partial charge in [0.05, 0.1) is 5.75 Å². The average Bonchev–Trinajstić information content (AvgIpc) is 2.31. The van der Waals surface area contributed by atoms with Crippen molar-refractivity contribution in [1.29, 1.82) is 0 Å². The number of carbonyl (C=O) groups is 1. The second kappa shape index (κ2) is 8.16. The lowest BCUT2D eigenvalue weighted by Gasteiger charge is -2.07. The number of carbonyl (C=O) groups excluding carboxylic acids is 1. The van der Waals surface area contributed by atoms with Gasteiger partial charge in [0.2, 0.25) is 5.91 Å². The van der Waals surface area contributed by atoms with Crippen molar-refractivity contribution in [2.24, 2.45) is 5.73 Å². The maximum atomic E-state index is 11.6. The Hall–Kier alpha value is -1.00. The second-order valence-electron chi connectivity index (χ2n) is 4.49. The van der Waals surface area contributed by atoms with Gasteiger partial charge in [-0.3, -0.25) is 4.79 Å². The monoisotopic (exact) mass is 266 g/mol. The van der Waals surface area contributed by atoms with Crippen LogP contribution in [0.2, 0.25) is 0 Å². The average molecular weight is 266 g/mol. The first-order valence-electron chi connectivity index (χ1n) is 6.34. The van der Waals surface area contributed by atoms with Crippen molar-refractivity contribution in [3.63, 3.8) is 0 Å². The minimum Gasteiger partial charge on any atom is -0.327 e. The van der Waals surface area contributed by atoms with Gasteiger partial charge in [-0.1, -0.05) is 25.5 Å². The minimum atomic E-state index is 0.0314. The Labute approximate surface area is 114 Å². The summed E-state index contributed by atoms with van der Waals surface area (Å²) < 4.78 is 0. The lowest BCUT2D eigenvalue weighted by Crippen LogP contribution is -2.20. The summed E-state index contributed by atoms with van der Waals surface area (Å²) in [6, 6.07) is 8.18. The molecule has 0 aliphatic rings. The summed E-state index contributed by atoms with van der Waals surface area (Å²) in [5, 5.41) is 2.88. The summed E-state index contributed by atoms with van der Waals surface area (Å²) in [6.45, 7) is 4.10. The molecule has 3 nitrogen and oxygen atoms in total. The molecule has 0 bridgehead atoms. The van der Waals surface area contributed by atoms with E-state index in [4.69, 9.17) is 5.73 Å². The van der Waals surface area contributed by atoms with E-state index in [1.54, 1.807) is 11.8 Å². The number of hydrogen-bond acceptors (Lipinski definition) is 3. The molecular weight excluding hydrogens is 244 g/mol. The zero-order valence-electron chi connectivity index (χ0n) is 11.1. The molecule has 4 heteroatoms. The quantitative estimate of drug-likeness (QED) is 0.797. The standard InChI is InChI=1S/C14H22N2OS/c1-3-4-12-5-7-13(8-6-12)16-14(17)10-18-9-11(2)15/h5-8,11H,3-4,9-10,15H2,1-2H3,(H,16,17). The van der Waals surface area contributed by atoms with Crippen LogP contribution in [0.1, 0.15) is 25.8 Å². The van der Waals surface area contributed by atoms with Crippen LogP contribution in [-0.4, -0.2) is 23.5 Å². The van der Waals surface area contributed by atoms with E-state index in [1.165, 1.54) is 5.56 Å². The van der Waals surface area contributed by atoms with Crippen molar-refractivity contribution in [2.75, 3.05) is 16.8 Å². The highest BCUT2D eigenvalue weighted by Gasteiger charge is 2.03. The van der Waals surface area contributed by atoms with E-state index in [1.807, 2.05) is 19.1 Å². The number of nitrogens with one attached hydrogen (secondary N) is 1. The summed E-state index contributed by atoms with van der Waals surface area (Å²) in [4.78, 5) is 11.6. The van der Waals surface area contributed by atoms with E-state index in [2.05, 4.69) is 24.4 Å². The SMILES string of the molecule is CCCc1ccc(NC(=O)CSCC(C)N)cc1. The number of anilines is 1. The first-order chi connectivity index (χ1) is 8.61. The minimum absolute atomic E-state index is 0.0314. The Kier molecular flexibility index (Phi) is 6.83. The zero-order chi connectivity index (χ0) is 13.4. The maximum absolute atomic E-state index is 11.6. The maximum Gasteiger partial charge on any atom is 0.234 e. The number of hydrogen-bond donors (Lipinski definition) is 2. The van der Waals surface area contributed by atoms with Gasteiger partial charge in [-0.15, -0.1) is 0 Å². The largest absolute Gasteiger partial charge is 0.327 e. The molecule has 1 atom stereocenters. The molecule has 100 valence electrons. The highest BCUT2D eigenvalue weighted by Crippen LogP contribution is 2.12. The fourth-order valence-electron chi connectivity index (χ4n) is 1.58. The summed E-state index contributed by atoms with van der Waals surface area (Å²) in [7, 11) is 0. The Morgan fingerprint density at radius 3 is 2.61 bits per heavy atom. The summed E-state index contributed by atoms with van der Waals surface area (Å²) in [5.74, 6) is 1.30. The van der Waals surface area contributed by atoms with Crippen molar-refractivity contribution >= 4 is 23.4 Å². The smallest absolute Gasteiger partial charge is 0.234 e. The number of benzene rings is 1. The first kappa shape index (κ1) is 15.1. The van der Waals surface area contributed by atoms with Crippen LogP contribution in [0, 0.1) is 0 Å². The van der Waals surface area contributed by atoms with Gasteiger partial charge in [-0.05, 0) is 31.0 Å². The molecule has 0 aromatic heterocycles. The van der Waals surface area contributed by atoms with Crippen LogP contribution in [0.3, 0.4) is 0 Å². The predicted octanol–water partition coefficient (Wildman–Crippen LogP) is 2.66. The molecule has 0 fully saturated rings. The van der Waals surface area contributed by atoms with E-state index in [0.717, 1.165) is 24.3 Å². The number of rotatable bonds is 7. The molecule has 1 unspecified atom stereocenters. The molecule has 0 aliphatic heterocycles. The number of aryl methyl sites for hydroxylation is 1. The third-order valence-electron chi connectivity index (χ3n) is 2.39. The molecular formula is C14H22N2OS. The third kappa shape index (κ3) is 6.07. The van der Waals surface area contributed by atoms with E-state index in [9.17, 15) is 4.79 Å². The van der Waals surface area contributed by atoms with Crippen LogP contribution in [0.25, 0.3) is 0 Å². The van der Waals surface area contributed by atoms with Crippen LogP contribution in [0.4, 0.5) is 5.69 Å². The van der Waals surface area contributed by atoms with Crippen molar-refractivity contribution in [2.45, 2.75) is 32.7 Å². The Morgan fingerprint density at radius 2 is 2.06 bits per heavy atom. The van der Waals surface area contributed by atoms with Gasteiger partial charge in [0.15, 0.2) is 0 Å². The number of amides is 1. The van der Waals surface area contributed by atoms with Crippen LogP contribution in [-0.2, 0) is 11.2 Å². The number of thioether (sulfide) groups is 1. The molecule has 18 heavy (non-hydrogen) atoms. The normalized spacial score (nSPS) is 12.2. The van der Waals surface area contributed by atoms with Gasteiger partial charge >= 0.3 is 0 Å². The van der Waals surface area contributed by atoms with Gasteiger partial charge in [0, 0.05) is 17.5 Å². The molecule has 0 saturated carbocycles. The Balaban J connectivity index is 2.35. The van der Waals surface area contributed by atoms with Crippen LogP contribution < -0.4 is 11.1 Å². The number of nitrogens with two attached hydrogens (primary N) is 1. The lowest BCUT2D eigenvalue weighted by atomic mass is 10.1. The molecule has 0 heterocycles. The third-order valence-corrected chi connectivity index (χ3v) is 3.62. The Bertz CT molecular complexity index is 363. The predicted molar refractivity (Wildman–Crippen MR) is 80.0 cm³/mol. The van der Waals surface area contributed by atoms with Gasteiger partial charge in [0.25, 0.3) is 0 Å². The molecule has 0 spiro atoms. The van der Waals surface area contributed by atoms with Crippen LogP contribution in [0.5, 0.6) is 0 Å². The summed E-state index contributed by atoms with van der Waals surface area (Å²) in [6.07, 6.45) is 2.22. The van der Waals surface area contributed by atoms with Gasteiger partial charge < -0.3 is 11.1 Å². The molecule has 3 N–H and O–H groups in total. The topological polar surface area (TPSA) is 55.1 Å². The highest BCUT2D eigenvalue weighted by molar-refractivity contribution is 8.00. The lowest BCUT2D eigenvalue weighted by molar-refractivity contribution is -0.113. The molecule has 0 aliphatic carbocycles. The molecule has 0 saturated heterocycles. The van der Waals surface area contributed by atoms with Gasteiger partial charge in [-0.25, -0.2) is 0 Å². The molecule has 1 aromatic rings. The van der Waals surface area contributed by atoms with E-state index in [-0.39, 0.29) is 11.9 Å². The van der Waals surface area contributed by atoms with E-state index < -0.39 is 0 Å². The zero-order valence-corrected chi connectivity index (χ0v) is 11.9. The molecule has 1 amide bonds. The van der Waals surface area contributed by atoms with Crippen molar-refractivity contribution < 1.29 is 4.79 Å². The van der Waals surface area contributed by atoms with Crippen molar-refractivity contribution in [3.05, 3.63) is 29.8 Å². The van der Waals surface area contributed by atoms with Crippen molar-refractivity contribution in [3.8, 4) is 0 Å². The summed E-state index contributed by atoms with van der Waals surface area (Å²) in [5.41, 5.74) is 7.79. The van der Waals surface area contributed by atoms with E-state index >= 15 is 0 Å². The molecule has 1 rings (SSSR count). The molecule has 1 aromatic carbocycles. The van der Waals surface area contributed by atoms with Crippen LogP contribution in [0.15, 0.2) is 24.3 Å². The van der Waals surface area contributed by atoms with Crippen molar-refractivity contribution in [1.82, 2.24) is 0 Å². The summed E-state index contributed by atoms with van der Waals surface area (Å²) >= 11 is 1.56. The Morgan fingerprint density at radius 1 is 1.39 bits per heavy atom. The first-order valence-corrected chi connectivity index (χ1v) is 7.49. The van der Waals surface area contributed by atoms with Crippen LogP contribution >= 0.6 is 11.8 Å². The highest BCUT2D eigenvalue weighted by atomic mass is 32.2. The fraction of sp³-hybridized carbons (Fsp3) is 0.500. The van der Waals surface area contributed by atoms with Gasteiger partial charge in [-0.2, -0.15) is 11.8 Å². The second-order valence-corrected chi connectivity index (χ2v) is 5.52. The molecule has 0 radical (unpaired) electrons. The van der Waals surface area contributed by atoms with Gasteiger partial charge in [0.1, 0.15) is 0 Å². The fourth-order valence-corrected chi connectivity index (χ4v) is 2.33.